The summed E-state index contributed by atoms with van der Waals surface area (Å²) < 4.78 is 9.71. The summed E-state index contributed by atoms with van der Waals surface area (Å²) in [4.78, 5) is 24.5. The molecule has 0 aliphatic carbocycles. The summed E-state index contributed by atoms with van der Waals surface area (Å²) >= 11 is 0. The van der Waals surface area contributed by atoms with Crippen LogP contribution in [0, 0.1) is 0 Å². The van der Waals surface area contributed by atoms with Crippen LogP contribution in [0.5, 0.6) is 0 Å². The predicted octanol–water partition coefficient (Wildman–Crippen LogP) is 1.06. The molecule has 0 bridgehead atoms. The average molecular weight is 271 g/mol. The second-order valence-electron chi connectivity index (χ2n) is 5.31. The second-order valence-corrected chi connectivity index (χ2v) is 5.31. The molecule has 4 atom stereocenters. The van der Waals surface area contributed by atoms with Gasteiger partial charge in [-0.1, -0.05) is 0 Å². The van der Waals surface area contributed by atoms with Gasteiger partial charge in [0.25, 0.3) is 0 Å². The van der Waals surface area contributed by atoms with Crippen molar-refractivity contribution in [2.24, 2.45) is 0 Å². The molecule has 6 nitrogen and oxygen atoms in total. The number of carbonyl (C=O) groups excluding carboxylic acids is 2. The smallest absolute Gasteiger partial charge is 0.410 e. The van der Waals surface area contributed by atoms with Crippen molar-refractivity contribution in [2.45, 2.75) is 63.3 Å². The Labute approximate surface area is 112 Å². The lowest BCUT2D eigenvalue weighted by molar-refractivity contribution is -0.142. The molecule has 2 fully saturated rings. The fraction of sp³-hybridized carbons (Fsp3) is 0.846. The fourth-order valence-corrected chi connectivity index (χ4v) is 3.00. The van der Waals surface area contributed by atoms with Gasteiger partial charge < -0.3 is 14.6 Å². The van der Waals surface area contributed by atoms with Crippen LogP contribution in [0.15, 0.2) is 0 Å². The number of ether oxygens (including phenoxy) is 2. The van der Waals surface area contributed by atoms with Gasteiger partial charge in [0.2, 0.25) is 0 Å². The molecule has 2 aliphatic heterocycles. The van der Waals surface area contributed by atoms with Crippen LogP contribution in [-0.4, -0.2) is 53.5 Å². The number of fused-ring (bicyclic) bond motifs is 1. The Morgan fingerprint density at radius 1 is 1.58 bits per heavy atom. The number of aliphatic hydroxyl groups excluding tert-OH is 1. The summed E-state index contributed by atoms with van der Waals surface area (Å²) in [6.45, 7) is 1.91. The first-order valence-corrected chi connectivity index (χ1v) is 6.76. The Hall–Kier alpha value is -1.30. The number of methoxy groups -OCH3 is 1. The summed E-state index contributed by atoms with van der Waals surface area (Å²) in [5.41, 5.74) is 0. The van der Waals surface area contributed by atoms with E-state index in [0.717, 1.165) is 12.8 Å². The van der Waals surface area contributed by atoms with Gasteiger partial charge in [-0.05, 0) is 32.6 Å². The molecule has 0 unspecified atom stereocenters. The molecule has 2 heterocycles. The molecular weight excluding hydrogens is 250 g/mol. The first-order chi connectivity index (χ1) is 9.02. The summed E-state index contributed by atoms with van der Waals surface area (Å²) in [7, 11) is 1.30. The zero-order valence-electron chi connectivity index (χ0n) is 11.4. The normalized spacial score (nSPS) is 31.0. The van der Waals surface area contributed by atoms with Crippen LogP contribution in [0.2, 0.25) is 0 Å². The topological polar surface area (TPSA) is 76.1 Å². The van der Waals surface area contributed by atoms with Crippen molar-refractivity contribution in [3.8, 4) is 0 Å². The number of carbonyl (C=O) groups is 2. The molecule has 0 saturated carbocycles. The molecule has 0 aromatic carbocycles. The Kier molecular flexibility index (Phi) is 4.29. The molecule has 0 aromatic heterocycles. The van der Waals surface area contributed by atoms with Crippen LogP contribution in [0.4, 0.5) is 4.79 Å². The maximum atomic E-state index is 11.7. The van der Waals surface area contributed by atoms with Gasteiger partial charge in [0, 0.05) is 6.04 Å². The van der Waals surface area contributed by atoms with Gasteiger partial charge >= 0.3 is 12.1 Å². The van der Waals surface area contributed by atoms with Crippen molar-refractivity contribution in [3.63, 3.8) is 0 Å². The van der Waals surface area contributed by atoms with E-state index in [0.29, 0.717) is 12.8 Å². The van der Waals surface area contributed by atoms with Crippen molar-refractivity contribution < 1.29 is 24.2 Å². The lowest BCUT2D eigenvalue weighted by atomic mass is 10.0. The lowest BCUT2D eigenvalue weighted by Crippen LogP contribution is -2.36. The quantitative estimate of drug-likeness (QED) is 0.757. The standard InChI is InChI=1S/C13H21NO5/c1-8-11-6-4-9(14(11)13(17)19-8)3-5-10(15)7-12(16)18-2/h8-11,15H,3-7H2,1-2H3/t8-,9-,10+,11-/m0/s1. The average Bonchev–Trinajstić information content (AvgIpc) is 2.90. The highest BCUT2D eigenvalue weighted by Gasteiger charge is 2.47. The molecule has 0 spiro atoms. The molecule has 2 rings (SSSR count). The molecular formula is C13H21NO5. The maximum Gasteiger partial charge on any atom is 0.410 e. The van der Waals surface area contributed by atoms with Crippen molar-refractivity contribution in [1.29, 1.82) is 0 Å². The van der Waals surface area contributed by atoms with Crippen LogP contribution in [0.1, 0.15) is 39.0 Å². The number of cyclic esters (lactones) is 1. The lowest BCUT2D eigenvalue weighted by Gasteiger charge is -2.22. The molecule has 0 aromatic rings. The molecule has 1 N–H and O–H groups in total. The molecule has 19 heavy (non-hydrogen) atoms. The van der Waals surface area contributed by atoms with Gasteiger partial charge in [-0.15, -0.1) is 0 Å². The van der Waals surface area contributed by atoms with Crippen LogP contribution in [0.3, 0.4) is 0 Å². The number of rotatable bonds is 5. The number of hydrogen-bond donors (Lipinski definition) is 1. The van der Waals surface area contributed by atoms with Crippen LogP contribution < -0.4 is 0 Å². The van der Waals surface area contributed by atoms with E-state index in [2.05, 4.69) is 4.74 Å². The van der Waals surface area contributed by atoms with Crippen molar-refractivity contribution in [3.05, 3.63) is 0 Å². The van der Waals surface area contributed by atoms with E-state index in [1.54, 1.807) is 4.90 Å². The zero-order valence-corrected chi connectivity index (χ0v) is 11.4. The Bertz CT molecular complexity index is 359. The number of esters is 1. The summed E-state index contributed by atoms with van der Waals surface area (Å²) in [5.74, 6) is -0.411. The third-order valence-corrected chi connectivity index (χ3v) is 4.05. The third kappa shape index (κ3) is 3.00. The number of hydrogen-bond acceptors (Lipinski definition) is 5. The van der Waals surface area contributed by atoms with Crippen LogP contribution in [-0.2, 0) is 14.3 Å². The van der Waals surface area contributed by atoms with Crippen molar-refractivity contribution >= 4 is 12.1 Å². The van der Waals surface area contributed by atoms with Gasteiger partial charge in [0.1, 0.15) is 6.10 Å². The van der Waals surface area contributed by atoms with E-state index < -0.39 is 12.1 Å². The van der Waals surface area contributed by atoms with Gasteiger partial charge in [-0.3, -0.25) is 9.69 Å². The van der Waals surface area contributed by atoms with Crippen LogP contribution >= 0.6 is 0 Å². The highest BCUT2D eigenvalue weighted by Crippen LogP contribution is 2.35. The monoisotopic (exact) mass is 271 g/mol. The highest BCUT2D eigenvalue weighted by atomic mass is 16.6. The van der Waals surface area contributed by atoms with Crippen molar-refractivity contribution in [1.82, 2.24) is 4.90 Å². The first-order valence-electron chi connectivity index (χ1n) is 6.76. The summed E-state index contributed by atoms with van der Waals surface area (Å²) in [6.07, 6.45) is 2.08. The van der Waals surface area contributed by atoms with Gasteiger partial charge in [-0.2, -0.15) is 0 Å². The van der Waals surface area contributed by atoms with Crippen LogP contribution in [0.25, 0.3) is 0 Å². The Morgan fingerprint density at radius 3 is 3.00 bits per heavy atom. The maximum absolute atomic E-state index is 11.7. The SMILES string of the molecule is COC(=O)C[C@H](O)CC[C@H]1CC[C@H]2[C@H](C)OC(=O)N12. The minimum atomic E-state index is -0.706. The fourth-order valence-electron chi connectivity index (χ4n) is 3.00. The number of amides is 1. The highest BCUT2D eigenvalue weighted by molar-refractivity contribution is 5.71. The largest absolute Gasteiger partial charge is 0.469 e. The van der Waals surface area contributed by atoms with E-state index in [4.69, 9.17) is 4.74 Å². The summed E-state index contributed by atoms with van der Waals surface area (Å²) in [6, 6.07) is 0.296. The van der Waals surface area contributed by atoms with E-state index in [9.17, 15) is 14.7 Å². The minimum Gasteiger partial charge on any atom is -0.469 e. The van der Waals surface area contributed by atoms with E-state index in [1.807, 2.05) is 6.92 Å². The van der Waals surface area contributed by atoms with Gasteiger partial charge in [-0.25, -0.2) is 4.79 Å². The second kappa shape index (κ2) is 5.77. The van der Waals surface area contributed by atoms with E-state index >= 15 is 0 Å². The Balaban J connectivity index is 1.81. The molecule has 6 heteroatoms. The number of aliphatic hydroxyl groups is 1. The molecule has 0 radical (unpaired) electrons. The number of nitrogens with zero attached hydrogens (tertiary/aromatic N) is 1. The third-order valence-electron chi connectivity index (χ3n) is 4.05. The Morgan fingerprint density at radius 2 is 2.32 bits per heavy atom. The van der Waals surface area contributed by atoms with E-state index in [-0.39, 0.29) is 30.7 Å². The van der Waals surface area contributed by atoms with Crippen molar-refractivity contribution in [2.75, 3.05) is 7.11 Å². The minimum absolute atomic E-state index is 0.00744. The molecule has 2 saturated heterocycles. The molecule has 1 amide bonds. The molecule has 2 aliphatic rings. The zero-order chi connectivity index (χ0) is 14.0. The predicted molar refractivity (Wildman–Crippen MR) is 66.5 cm³/mol. The van der Waals surface area contributed by atoms with Gasteiger partial charge in [0.15, 0.2) is 0 Å². The summed E-state index contributed by atoms with van der Waals surface area (Å²) in [5, 5.41) is 9.73. The van der Waals surface area contributed by atoms with Gasteiger partial charge in [0.05, 0.1) is 25.7 Å². The molecule has 108 valence electrons. The first kappa shape index (κ1) is 14.1. The van der Waals surface area contributed by atoms with E-state index in [1.165, 1.54) is 7.11 Å².